The van der Waals surface area contributed by atoms with E-state index < -0.39 is 11.7 Å². The number of aromatic nitrogens is 1. The van der Waals surface area contributed by atoms with Crippen molar-refractivity contribution in [2.24, 2.45) is 0 Å². The average Bonchev–Trinajstić information content (AvgIpc) is 2.68. The highest BCUT2D eigenvalue weighted by atomic mass is 19.4. The number of hydrogen-bond acceptors (Lipinski definition) is 3. The van der Waals surface area contributed by atoms with Crippen molar-refractivity contribution in [1.29, 1.82) is 0 Å². The van der Waals surface area contributed by atoms with Crippen LogP contribution in [0, 0.1) is 0 Å². The molecule has 1 saturated heterocycles. The number of pyridine rings is 1. The van der Waals surface area contributed by atoms with Crippen molar-refractivity contribution in [3.05, 3.63) is 66.2 Å². The molecule has 1 fully saturated rings. The van der Waals surface area contributed by atoms with Crippen molar-refractivity contribution in [2.75, 3.05) is 18.0 Å². The fourth-order valence-electron chi connectivity index (χ4n) is 3.35. The monoisotopic (exact) mass is 372 g/mol. The molecule has 0 N–H and O–H groups in total. The maximum Gasteiger partial charge on any atom is 0.416 e. The lowest BCUT2D eigenvalue weighted by Crippen LogP contribution is -2.38. The van der Waals surface area contributed by atoms with Crippen molar-refractivity contribution in [2.45, 2.75) is 25.1 Å². The lowest BCUT2D eigenvalue weighted by atomic mass is 10.1. The van der Waals surface area contributed by atoms with E-state index in [0.717, 1.165) is 54.8 Å². The molecule has 0 spiro atoms. The Labute approximate surface area is 155 Å². The highest BCUT2D eigenvalue weighted by molar-refractivity contribution is 5.80. The minimum atomic E-state index is -4.32. The second kappa shape index (κ2) is 7.10. The maximum atomic E-state index is 12.6. The second-order valence-electron chi connectivity index (χ2n) is 6.69. The molecule has 0 unspecified atom stereocenters. The summed E-state index contributed by atoms with van der Waals surface area (Å²) in [5, 5.41) is 1.11. The maximum absolute atomic E-state index is 12.6. The third kappa shape index (κ3) is 3.99. The van der Waals surface area contributed by atoms with Crippen LogP contribution in [0.15, 0.2) is 60.7 Å². The van der Waals surface area contributed by atoms with E-state index in [4.69, 9.17) is 9.72 Å². The number of nitrogens with zero attached hydrogens (tertiary/aromatic N) is 2. The Bertz CT molecular complexity index is 917. The van der Waals surface area contributed by atoms with Crippen LogP contribution in [0.2, 0.25) is 0 Å². The van der Waals surface area contributed by atoms with Crippen LogP contribution in [0.3, 0.4) is 0 Å². The van der Waals surface area contributed by atoms with Crippen LogP contribution >= 0.6 is 0 Å². The van der Waals surface area contributed by atoms with Crippen LogP contribution < -0.4 is 9.64 Å². The Hall–Kier alpha value is -2.76. The van der Waals surface area contributed by atoms with E-state index in [1.165, 1.54) is 12.1 Å². The zero-order chi connectivity index (χ0) is 18.9. The number of anilines is 1. The van der Waals surface area contributed by atoms with E-state index in [9.17, 15) is 13.2 Å². The zero-order valence-electron chi connectivity index (χ0n) is 14.6. The van der Waals surface area contributed by atoms with E-state index >= 15 is 0 Å². The minimum Gasteiger partial charge on any atom is -0.490 e. The highest BCUT2D eigenvalue weighted by Crippen LogP contribution is 2.31. The number of benzene rings is 2. The van der Waals surface area contributed by atoms with Crippen molar-refractivity contribution in [1.82, 2.24) is 4.98 Å². The Kier molecular flexibility index (Phi) is 4.64. The zero-order valence-corrected chi connectivity index (χ0v) is 14.6. The molecule has 6 heteroatoms. The summed E-state index contributed by atoms with van der Waals surface area (Å²) in [4.78, 5) is 6.94. The van der Waals surface area contributed by atoms with Gasteiger partial charge in [-0.1, -0.05) is 18.2 Å². The number of para-hydroxylation sites is 1. The fraction of sp³-hybridized carbons (Fsp3) is 0.286. The van der Waals surface area contributed by atoms with Gasteiger partial charge in [-0.3, -0.25) is 0 Å². The van der Waals surface area contributed by atoms with Gasteiger partial charge in [-0.25, -0.2) is 4.98 Å². The molecule has 1 aliphatic heterocycles. The molecule has 0 amide bonds. The molecule has 0 saturated carbocycles. The third-order valence-electron chi connectivity index (χ3n) is 4.83. The van der Waals surface area contributed by atoms with Gasteiger partial charge in [0.15, 0.2) is 0 Å². The van der Waals surface area contributed by atoms with Gasteiger partial charge in [-0.15, -0.1) is 0 Å². The Balaban J connectivity index is 1.37. The van der Waals surface area contributed by atoms with E-state index in [-0.39, 0.29) is 6.10 Å². The molecule has 0 bridgehead atoms. The second-order valence-corrected chi connectivity index (χ2v) is 6.69. The van der Waals surface area contributed by atoms with Gasteiger partial charge in [0.1, 0.15) is 17.7 Å². The van der Waals surface area contributed by atoms with Gasteiger partial charge in [-0.2, -0.15) is 13.2 Å². The first kappa shape index (κ1) is 17.6. The fourth-order valence-corrected chi connectivity index (χ4v) is 3.35. The van der Waals surface area contributed by atoms with Crippen LogP contribution in [-0.2, 0) is 6.18 Å². The first-order chi connectivity index (χ1) is 13.0. The molecule has 4 rings (SSSR count). The summed E-state index contributed by atoms with van der Waals surface area (Å²) in [5.74, 6) is 1.42. The van der Waals surface area contributed by atoms with Crippen LogP contribution in [0.4, 0.5) is 19.0 Å². The van der Waals surface area contributed by atoms with Gasteiger partial charge in [0.2, 0.25) is 0 Å². The number of hydrogen-bond donors (Lipinski definition) is 0. The Morgan fingerprint density at radius 2 is 1.59 bits per heavy atom. The number of fused-ring (bicyclic) bond motifs is 1. The highest BCUT2D eigenvalue weighted by Gasteiger charge is 2.30. The Morgan fingerprint density at radius 3 is 2.30 bits per heavy atom. The van der Waals surface area contributed by atoms with Crippen molar-refractivity contribution in [3.8, 4) is 5.75 Å². The smallest absolute Gasteiger partial charge is 0.416 e. The third-order valence-corrected chi connectivity index (χ3v) is 4.83. The van der Waals surface area contributed by atoms with Crippen LogP contribution in [0.5, 0.6) is 5.75 Å². The molecular formula is C21H19F3N2O. The first-order valence-corrected chi connectivity index (χ1v) is 8.94. The molecular weight excluding hydrogens is 353 g/mol. The summed E-state index contributed by atoms with van der Waals surface area (Å²) >= 11 is 0. The van der Waals surface area contributed by atoms with Gasteiger partial charge in [0, 0.05) is 31.3 Å². The van der Waals surface area contributed by atoms with Crippen LogP contribution in [-0.4, -0.2) is 24.2 Å². The summed E-state index contributed by atoms with van der Waals surface area (Å²) in [5.41, 5.74) is 0.310. The number of rotatable bonds is 3. The summed E-state index contributed by atoms with van der Waals surface area (Å²) in [6.45, 7) is 1.60. The molecule has 1 aromatic heterocycles. The predicted molar refractivity (Wildman–Crippen MR) is 99.1 cm³/mol. The largest absolute Gasteiger partial charge is 0.490 e. The van der Waals surface area contributed by atoms with Crippen LogP contribution in [0.1, 0.15) is 18.4 Å². The normalized spacial score (nSPS) is 15.9. The van der Waals surface area contributed by atoms with Crippen molar-refractivity contribution >= 4 is 16.7 Å². The van der Waals surface area contributed by atoms with E-state index in [2.05, 4.69) is 11.0 Å². The summed E-state index contributed by atoms with van der Waals surface area (Å²) in [7, 11) is 0. The topological polar surface area (TPSA) is 25.4 Å². The van der Waals surface area contributed by atoms with Crippen molar-refractivity contribution in [3.63, 3.8) is 0 Å². The number of halogens is 3. The molecule has 27 heavy (non-hydrogen) atoms. The molecule has 140 valence electrons. The SMILES string of the molecule is FC(F)(F)c1ccc(OC2CCN(c3ccc4ccccc4n3)CC2)cc1. The van der Waals surface area contributed by atoms with Gasteiger partial charge in [0.05, 0.1) is 11.1 Å². The standard InChI is InChI=1S/C21H19F3N2O/c22-21(23,24)16-6-8-17(9-7-16)27-18-11-13-26(14-12-18)20-10-5-15-3-1-2-4-19(15)25-20/h1-10,18H,11-14H2. The lowest BCUT2D eigenvalue weighted by Gasteiger charge is -2.33. The molecule has 3 nitrogen and oxygen atoms in total. The molecule has 2 aromatic carbocycles. The Morgan fingerprint density at radius 1 is 0.889 bits per heavy atom. The molecule has 0 atom stereocenters. The number of alkyl halides is 3. The summed E-state index contributed by atoms with van der Waals surface area (Å²) < 4.78 is 43.7. The molecule has 3 aromatic rings. The lowest BCUT2D eigenvalue weighted by molar-refractivity contribution is -0.137. The average molecular weight is 372 g/mol. The summed E-state index contributed by atoms with van der Waals surface area (Å²) in [6, 6.07) is 17.0. The van der Waals surface area contributed by atoms with Gasteiger partial charge in [0.25, 0.3) is 0 Å². The quantitative estimate of drug-likeness (QED) is 0.624. The molecule has 0 aliphatic carbocycles. The van der Waals surface area contributed by atoms with Gasteiger partial charge < -0.3 is 9.64 Å². The predicted octanol–water partition coefficient (Wildman–Crippen LogP) is 5.30. The number of ether oxygens (including phenoxy) is 1. The molecule has 0 radical (unpaired) electrons. The van der Waals surface area contributed by atoms with Crippen LogP contribution in [0.25, 0.3) is 10.9 Å². The van der Waals surface area contributed by atoms with E-state index in [1.807, 2.05) is 30.3 Å². The van der Waals surface area contributed by atoms with Gasteiger partial charge >= 0.3 is 6.18 Å². The van der Waals surface area contributed by atoms with Crippen molar-refractivity contribution < 1.29 is 17.9 Å². The minimum absolute atomic E-state index is 0.00144. The molecule has 1 aliphatic rings. The van der Waals surface area contributed by atoms with E-state index in [0.29, 0.717) is 5.75 Å². The number of piperidine rings is 1. The van der Waals surface area contributed by atoms with E-state index in [1.54, 1.807) is 0 Å². The first-order valence-electron chi connectivity index (χ1n) is 8.94. The van der Waals surface area contributed by atoms with Gasteiger partial charge in [-0.05, 0) is 42.5 Å². The summed E-state index contributed by atoms with van der Waals surface area (Å²) in [6.07, 6.45) is -2.72. The molecule has 2 heterocycles.